The summed E-state index contributed by atoms with van der Waals surface area (Å²) >= 11 is 0. The van der Waals surface area contributed by atoms with Crippen molar-refractivity contribution in [1.29, 1.82) is 0 Å². The van der Waals surface area contributed by atoms with Crippen LogP contribution in [0.1, 0.15) is 20.3 Å². The van der Waals surface area contributed by atoms with Crippen molar-refractivity contribution in [2.75, 3.05) is 13.7 Å². The van der Waals surface area contributed by atoms with Gasteiger partial charge in [0, 0.05) is 0 Å². The van der Waals surface area contributed by atoms with E-state index in [0.29, 0.717) is 13.0 Å². The van der Waals surface area contributed by atoms with Crippen molar-refractivity contribution in [1.82, 2.24) is 0 Å². The van der Waals surface area contributed by atoms with Crippen LogP contribution in [-0.2, 0) is 19.0 Å². The van der Waals surface area contributed by atoms with Crippen molar-refractivity contribution in [2.45, 2.75) is 38.3 Å². The van der Waals surface area contributed by atoms with Crippen LogP contribution >= 0.6 is 0 Å². The van der Waals surface area contributed by atoms with E-state index < -0.39 is 17.9 Å². The third-order valence-electron chi connectivity index (χ3n) is 2.23. The lowest BCUT2D eigenvalue weighted by atomic mass is 10.2. The molecule has 1 fully saturated rings. The van der Waals surface area contributed by atoms with Crippen molar-refractivity contribution in [3.8, 4) is 0 Å². The van der Waals surface area contributed by atoms with Crippen molar-refractivity contribution in [2.24, 2.45) is 0 Å². The molecule has 0 aromatic carbocycles. The van der Waals surface area contributed by atoms with E-state index >= 15 is 0 Å². The third-order valence-corrected chi connectivity index (χ3v) is 2.23. The number of hydrogen-bond acceptors (Lipinski definition) is 5. The van der Waals surface area contributed by atoms with Gasteiger partial charge >= 0.3 is 5.97 Å². The molecule has 1 saturated heterocycles. The van der Waals surface area contributed by atoms with Gasteiger partial charge in [-0.15, -0.1) is 0 Å². The Morgan fingerprint density at radius 2 is 2.38 bits per heavy atom. The highest BCUT2D eigenvalue weighted by molar-refractivity contribution is 5.76. The lowest BCUT2D eigenvalue weighted by molar-refractivity contribution is -0.147. The van der Waals surface area contributed by atoms with Gasteiger partial charge in [-0.05, 0) is 26.3 Å². The Kier molecular flexibility index (Phi) is 4.46. The van der Waals surface area contributed by atoms with Crippen molar-refractivity contribution < 1.29 is 24.1 Å². The van der Waals surface area contributed by atoms with Crippen LogP contribution in [0.5, 0.6) is 0 Å². The number of rotatable bonds is 4. The summed E-state index contributed by atoms with van der Waals surface area (Å²) in [6, 6.07) is 0. The largest absolute Gasteiger partial charge is 0.467 e. The van der Waals surface area contributed by atoms with Crippen LogP contribution in [0.15, 0.2) is 12.2 Å². The summed E-state index contributed by atoms with van der Waals surface area (Å²) in [6.07, 6.45) is 2.44. The van der Waals surface area contributed by atoms with Gasteiger partial charge in [0.15, 0.2) is 11.9 Å². The Morgan fingerprint density at radius 3 is 2.88 bits per heavy atom. The Hall–Kier alpha value is -0.910. The average Bonchev–Trinajstić information content (AvgIpc) is 2.57. The van der Waals surface area contributed by atoms with Crippen molar-refractivity contribution in [3.05, 3.63) is 12.2 Å². The summed E-state index contributed by atoms with van der Waals surface area (Å²) in [6.45, 7) is 4.21. The molecule has 0 radical (unpaired) electrons. The highest BCUT2D eigenvalue weighted by atomic mass is 16.7. The number of aliphatic hydroxyl groups is 1. The normalized spacial score (nSPS) is 25.9. The maximum Gasteiger partial charge on any atom is 0.338 e. The van der Waals surface area contributed by atoms with Gasteiger partial charge in [-0.25, -0.2) is 4.79 Å². The van der Waals surface area contributed by atoms with Gasteiger partial charge in [0.1, 0.15) is 0 Å². The summed E-state index contributed by atoms with van der Waals surface area (Å²) in [4.78, 5) is 10.9. The zero-order valence-corrected chi connectivity index (χ0v) is 9.80. The molecule has 5 nitrogen and oxygen atoms in total. The highest BCUT2D eigenvalue weighted by Gasteiger charge is 2.31. The molecule has 1 rings (SSSR count). The first-order valence-electron chi connectivity index (χ1n) is 5.19. The Labute approximate surface area is 95.0 Å². The predicted molar refractivity (Wildman–Crippen MR) is 56.7 cm³/mol. The maximum absolute atomic E-state index is 10.9. The number of carbonyl (C=O) groups is 1. The van der Waals surface area contributed by atoms with E-state index in [1.54, 1.807) is 6.08 Å². The fourth-order valence-electron chi connectivity index (χ4n) is 1.44. The van der Waals surface area contributed by atoms with Gasteiger partial charge in [-0.2, -0.15) is 0 Å². The molecule has 16 heavy (non-hydrogen) atoms. The number of aliphatic hydroxyl groups excluding tert-OH is 1. The minimum Gasteiger partial charge on any atom is -0.467 e. The van der Waals surface area contributed by atoms with Crippen molar-refractivity contribution in [3.63, 3.8) is 0 Å². The Balaban J connectivity index is 2.30. The Morgan fingerprint density at radius 1 is 1.69 bits per heavy atom. The van der Waals surface area contributed by atoms with Crippen LogP contribution in [0.3, 0.4) is 0 Å². The molecular formula is C11H18O5. The minimum absolute atomic E-state index is 0.0314. The molecule has 0 aromatic rings. The third kappa shape index (κ3) is 3.92. The molecule has 0 aliphatic carbocycles. The molecule has 1 aliphatic heterocycles. The molecule has 2 atom stereocenters. The van der Waals surface area contributed by atoms with E-state index in [1.807, 2.05) is 13.8 Å². The molecule has 0 unspecified atom stereocenters. The molecule has 1 aliphatic rings. The highest BCUT2D eigenvalue weighted by Crippen LogP contribution is 2.24. The molecule has 92 valence electrons. The lowest BCUT2D eigenvalue weighted by Gasteiger charge is -2.16. The molecule has 1 heterocycles. The number of hydrogen-bond donors (Lipinski definition) is 1. The first-order valence-corrected chi connectivity index (χ1v) is 5.19. The first-order chi connectivity index (χ1) is 7.44. The summed E-state index contributed by atoms with van der Waals surface area (Å²) in [5, 5.41) is 9.26. The molecule has 0 amide bonds. The SMILES string of the molecule is COC(=O)[C@H](O)/C=C/C[C@H]1COC(C)(C)O1. The van der Waals surface area contributed by atoms with Gasteiger partial charge in [0.05, 0.1) is 19.8 Å². The van der Waals surface area contributed by atoms with E-state index in [1.165, 1.54) is 13.2 Å². The van der Waals surface area contributed by atoms with E-state index in [2.05, 4.69) is 4.74 Å². The molecular weight excluding hydrogens is 212 g/mol. The Bertz CT molecular complexity index is 272. The smallest absolute Gasteiger partial charge is 0.338 e. The summed E-state index contributed by atoms with van der Waals surface area (Å²) in [5.41, 5.74) is 0. The number of methoxy groups -OCH3 is 1. The zero-order chi connectivity index (χ0) is 12.2. The van der Waals surface area contributed by atoms with Crippen LogP contribution in [0, 0.1) is 0 Å². The summed E-state index contributed by atoms with van der Waals surface area (Å²) in [7, 11) is 1.23. The summed E-state index contributed by atoms with van der Waals surface area (Å²) in [5.74, 6) is -1.21. The van der Waals surface area contributed by atoms with E-state index in [0.717, 1.165) is 0 Å². The number of carbonyl (C=O) groups excluding carboxylic acids is 1. The van der Waals surface area contributed by atoms with Gasteiger partial charge in [0.25, 0.3) is 0 Å². The van der Waals surface area contributed by atoms with Gasteiger partial charge in [0.2, 0.25) is 0 Å². The molecule has 5 heteroatoms. The van der Waals surface area contributed by atoms with Gasteiger partial charge in [-0.3, -0.25) is 0 Å². The summed E-state index contributed by atoms with van der Waals surface area (Å²) < 4.78 is 15.3. The van der Waals surface area contributed by atoms with Crippen LogP contribution in [0.4, 0.5) is 0 Å². The zero-order valence-electron chi connectivity index (χ0n) is 9.80. The van der Waals surface area contributed by atoms with Gasteiger partial charge < -0.3 is 19.3 Å². The van der Waals surface area contributed by atoms with E-state index in [4.69, 9.17) is 9.47 Å². The monoisotopic (exact) mass is 230 g/mol. The van der Waals surface area contributed by atoms with E-state index in [-0.39, 0.29) is 6.10 Å². The minimum atomic E-state index is -1.21. The fraction of sp³-hybridized carbons (Fsp3) is 0.727. The molecule has 0 bridgehead atoms. The fourth-order valence-corrected chi connectivity index (χ4v) is 1.44. The van der Waals surface area contributed by atoms with Crippen molar-refractivity contribution >= 4 is 5.97 Å². The standard InChI is InChI=1S/C11H18O5/c1-11(2)15-7-8(16-11)5-4-6-9(12)10(13)14-3/h4,6,8-9,12H,5,7H2,1-3H3/b6-4+/t8-,9+/m0/s1. The van der Waals surface area contributed by atoms with Crippen LogP contribution < -0.4 is 0 Å². The van der Waals surface area contributed by atoms with Crippen LogP contribution in [0.25, 0.3) is 0 Å². The average molecular weight is 230 g/mol. The number of esters is 1. The van der Waals surface area contributed by atoms with Crippen LogP contribution in [-0.4, -0.2) is 42.8 Å². The van der Waals surface area contributed by atoms with E-state index in [9.17, 15) is 9.90 Å². The lowest BCUT2D eigenvalue weighted by Crippen LogP contribution is -2.21. The van der Waals surface area contributed by atoms with Gasteiger partial charge in [-0.1, -0.05) is 6.08 Å². The first kappa shape index (κ1) is 13.2. The van der Waals surface area contributed by atoms with Crippen LogP contribution in [0.2, 0.25) is 0 Å². The quantitative estimate of drug-likeness (QED) is 0.566. The second kappa shape index (κ2) is 5.43. The topological polar surface area (TPSA) is 65.0 Å². The maximum atomic E-state index is 10.9. The molecule has 1 N–H and O–H groups in total. The number of ether oxygens (including phenoxy) is 3. The second-order valence-electron chi connectivity index (χ2n) is 4.08. The predicted octanol–water partition coefficient (Wildman–Crippen LogP) is 0.618. The molecule has 0 spiro atoms. The molecule has 0 aromatic heterocycles. The second-order valence-corrected chi connectivity index (χ2v) is 4.08. The molecule has 0 saturated carbocycles.